The van der Waals surface area contributed by atoms with Gasteiger partial charge in [0.05, 0.1) is 12.8 Å². The fourth-order valence-corrected chi connectivity index (χ4v) is 2.77. The van der Waals surface area contributed by atoms with Crippen LogP contribution in [0.2, 0.25) is 0 Å². The van der Waals surface area contributed by atoms with Crippen LogP contribution in [0.1, 0.15) is 43.9 Å². The minimum absolute atomic E-state index is 0.107. The molecular formula is C21H27N3O5. The van der Waals surface area contributed by atoms with Crippen molar-refractivity contribution in [2.45, 2.75) is 45.8 Å². The molecule has 0 saturated heterocycles. The van der Waals surface area contributed by atoms with E-state index >= 15 is 0 Å². The highest BCUT2D eigenvalue weighted by molar-refractivity contribution is 5.91. The third kappa shape index (κ3) is 6.17. The van der Waals surface area contributed by atoms with Crippen LogP contribution in [0.4, 0.5) is 4.79 Å². The van der Waals surface area contributed by atoms with Crippen LogP contribution in [0.3, 0.4) is 0 Å². The van der Waals surface area contributed by atoms with E-state index in [9.17, 15) is 14.4 Å². The topological polar surface area (TPSA) is 99.5 Å². The van der Waals surface area contributed by atoms with Gasteiger partial charge in [-0.2, -0.15) is 0 Å². The molecule has 0 radical (unpaired) electrons. The fourth-order valence-electron chi connectivity index (χ4n) is 2.77. The van der Waals surface area contributed by atoms with Crippen LogP contribution in [-0.4, -0.2) is 46.1 Å². The van der Waals surface area contributed by atoms with E-state index in [1.807, 2.05) is 24.3 Å². The molecule has 8 heteroatoms. The first-order chi connectivity index (χ1) is 13.5. The summed E-state index contributed by atoms with van der Waals surface area (Å²) in [6.07, 6.45) is 1.34. The largest absolute Gasteiger partial charge is 0.467 e. The maximum Gasteiger partial charge on any atom is 0.408 e. The van der Waals surface area contributed by atoms with Gasteiger partial charge in [0.1, 0.15) is 11.6 Å². The van der Waals surface area contributed by atoms with Gasteiger partial charge in [-0.05, 0) is 26.3 Å². The highest BCUT2D eigenvalue weighted by atomic mass is 16.6. The normalized spacial score (nSPS) is 12.2. The van der Waals surface area contributed by atoms with Crippen LogP contribution in [0.5, 0.6) is 0 Å². The van der Waals surface area contributed by atoms with E-state index in [0.717, 1.165) is 11.1 Å². The van der Waals surface area contributed by atoms with Crippen LogP contribution in [0, 0.1) is 0 Å². The molecule has 1 aromatic heterocycles. The number of hydrogen-bond acceptors (Lipinski definition) is 6. The van der Waals surface area contributed by atoms with Crippen LogP contribution in [-0.2, 0) is 27.7 Å². The van der Waals surface area contributed by atoms with E-state index < -0.39 is 23.7 Å². The van der Waals surface area contributed by atoms with E-state index in [1.165, 1.54) is 14.0 Å². The average Bonchev–Trinajstić information content (AvgIpc) is 3.01. The number of esters is 1. The molecule has 0 aliphatic rings. The third-order valence-corrected chi connectivity index (χ3v) is 4.06. The lowest BCUT2D eigenvalue weighted by Crippen LogP contribution is -2.45. The van der Waals surface area contributed by atoms with Gasteiger partial charge in [-0.1, -0.05) is 24.3 Å². The number of rotatable bonds is 6. The van der Waals surface area contributed by atoms with Crippen molar-refractivity contribution in [1.29, 1.82) is 0 Å². The molecule has 0 spiro atoms. The monoisotopic (exact) mass is 401 g/mol. The minimum Gasteiger partial charge on any atom is -0.467 e. The second kappa shape index (κ2) is 8.89. The highest BCUT2D eigenvalue weighted by Gasteiger charge is 2.25. The number of methoxy groups -OCH3 is 1. The predicted octanol–water partition coefficient (Wildman–Crippen LogP) is 2.90. The number of alkyl carbamates (subject to hydrolysis) is 1. The van der Waals surface area contributed by atoms with Crippen LogP contribution in [0.25, 0.3) is 11.3 Å². The molecule has 1 N–H and O–H groups in total. The summed E-state index contributed by atoms with van der Waals surface area (Å²) in [6.45, 7) is 6.70. The molecule has 0 fully saturated rings. The molecule has 1 unspecified atom stereocenters. The van der Waals surface area contributed by atoms with Gasteiger partial charge in [-0.25, -0.2) is 14.6 Å². The maximum absolute atomic E-state index is 12.1. The number of ketones is 1. The molecule has 29 heavy (non-hydrogen) atoms. The van der Waals surface area contributed by atoms with Crippen molar-refractivity contribution < 1.29 is 23.9 Å². The van der Waals surface area contributed by atoms with E-state index in [0.29, 0.717) is 11.5 Å². The average molecular weight is 401 g/mol. The zero-order valence-electron chi connectivity index (χ0n) is 17.6. The first kappa shape index (κ1) is 22.1. The summed E-state index contributed by atoms with van der Waals surface area (Å²) in [5.41, 5.74) is 1.67. The lowest BCUT2D eigenvalue weighted by Gasteiger charge is -2.22. The summed E-state index contributed by atoms with van der Waals surface area (Å²) in [5.74, 6) is -0.281. The first-order valence-electron chi connectivity index (χ1n) is 9.21. The van der Waals surface area contributed by atoms with Crippen LogP contribution in [0.15, 0.2) is 30.5 Å². The Labute approximate surface area is 170 Å². The van der Waals surface area contributed by atoms with Gasteiger partial charge in [0.15, 0.2) is 11.6 Å². The molecule has 1 amide bonds. The van der Waals surface area contributed by atoms with E-state index in [-0.39, 0.29) is 12.2 Å². The van der Waals surface area contributed by atoms with Gasteiger partial charge in [0.25, 0.3) is 0 Å². The van der Waals surface area contributed by atoms with Crippen molar-refractivity contribution in [3.05, 3.63) is 41.9 Å². The van der Waals surface area contributed by atoms with Gasteiger partial charge >= 0.3 is 12.1 Å². The third-order valence-electron chi connectivity index (χ3n) is 4.06. The molecule has 0 aliphatic heterocycles. The molecule has 2 rings (SSSR count). The number of benzene rings is 1. The summed E-state index contributed by atoms with van der Waals surface area (Å²) in [7, 11) is 3.04. The summed E-state index contributed by atoms with van der Waals surface area (Å²) in [4.78, 5) is 40.0. The quantitative estimate of drug-likeness (QED) is 0.590. The molecule has 2 aromatic rings. The number of aryl methyl sites for hydroxylation is 1. The van der Waals surface area contributed by atoms with Crippen molar-refractivity contribution in [3.63, 3.8) is 0 Å². The number of aromatic nitrogens is 2. The van der Waals surface area contributed by atoms with Crippen LogP contribution >= 0.6 is 0 Å². The summed E-state index contributed by atoms with van der Waals surface area (Å²) >= 11 is 0. The Balaban J connectivity index is 2.14. The Morgan fingerprint density at radius 3 is 2.28 bits per heavy atom. The Morgan fingerprint density at radius 2 is 1.79 bits per heavy atom. The molecule has 1 aromatic carbocycles. The molecule has 1 heterocycles. The van der Waals surface area contributed by atoms with Gasteiger partial charge in [0.2, 0.25) is 0 Å². The van der Waals surface area contributed by atoms with Crippen molar-refractivity contribution >= 4 is 17.8 Å². The maximum atomic E-state index is 12.1. The number of imidazole rings is 1. The summed E-state index contributed by atoms with van der Waals surface area (Å²) in [5, 5.41) is 2.55. The first-order valence-corrected chi connectivity index (χ1v) is 9.21. The lowest BCUT2D eigenvalue weighted by molar-refractivity contribution is -0.143. The standard InChI is InChI=1S/C21H27N3O5/c1-13(25)18-22-17(12-24(18)5)15-9-7-14(8-10-15)11-16(19(26)28-6)23-20(27)29-21(2,3)4/h7-10,12,16H,11H2,1-6H3,(H,23,27). The van der Waals surface area contributed by atoms with E-state index in [1.54, 1.807) is 38.6 Å². The second-order valence-electron chi connectivity index (χ2n) is 7.74. The van der Waals surface area contributed by atoms with Crippen molar-refractivity contribution in [2.24, 2.45) is 7.05 Å². The summed E-state index contributed by atoms with van der Waals surface area (Å²) in [6, 6.07) is 6.50. The number of nitrogens with one attached hydrogen (secondary N) is 1. The van der Waals surface area contributed by atoms with Crippen molar-refractivity contribution in [3.8, 4) is 11.3 Å². The van der Waals surface area contributed by atoms with Gasteiger partial charge in [-0.15, -0.1) is 0 Å². The van der Waals surface area contributed by atoms with E-state index in [4.69, 9.17) is 9.47 Å². The number of carbonyl (C=O) groups excluding carboxylic acids is 3. The number of carbonyl (C=O) groups is 3. The number of amides is 1. The molecule has 0 aliphatic carbocycles. The van der Waals surface area contributed by atoms with Gasteiger partial charge < -0.3 is 19.4 Å². The number of nitrogens with zero attached hydrogens (tertiary/aromatic N) is 2. The second-order valence-corrected chi connectivity index (χ2v) is 7.74. The number of Topliss-reactive ketones (excluding diaryl/α,β-unsaturated/α-hetero) is 1. The fraction of sp³-hybridized carbons (Fsp3) is 0.429. The molecule has 1 atom stereocenters. The number of hydrogen-bond donors (Lipinski definition) is 1. The molecular weight excluding hydrogens is 374 g/mol. The van der Waals surface area contributed by atoms with Crippen molar-refractivity contribution in [2.75, 3.05) is 7.11 Å². The zero-order valence-corrected chi connectivity index (χ0v) is 17.6. The molecule has 0 bridgehead atoms. The Morgan fingerprint density at radius 1 is 1.17 bits per heavy atom. The van der Waals surface area contributed by atoms with Gasteiger partial charge in [0, 0.05) is 32.2 Å². The molecule has 156 valence electrons. The zero-order chi connectivity index (χ0) is 21.8. The smallest absolute Gasteiger partial charge is 0.408 e. The molecule has 8 nitrogen and oxygen atoms in total. The Bertz CT molecular complexity index is 894. The van der Waals surface area contributed by atoms with Crippen molar-refractivity contribution in [1.82, 2.24) is 14.9 Å². The summed E-state index contributed by atoms with van der Waals surface area (Å²) < 4.78 is 11.7. The Kier molecular flexibility index (Phi) is 6.79. The molecule has 0 saturated carbocycles. The highest BCUT2D eigenvalue weighted by Crippen LogP contribution is 2.20. The van der Waals surface area contributed by atoms with E-state index in [2.05, 4.69) is 10.3 Å². The van der Waals surface area contributed by atoms with Crippen LogP contribution < -0.4 is 5.32 Å². The minimum atomic E-state index is -0.875. The lowest BCUT2D eigenvalue weighted by atomic mass is 10.0. The Hall–Kier alpha value is -3.16. The predicted molar refractivity (Wildman–Crippen MR) is 108 cm³/mol. The van der Waals surface area contributed by atoms with Gasteiger partial charge in [-0.3, -0.25) is 4.79 Å². The SMILES string of the molecule is COC(=O)C(Cc1ccc(-c2cn(C)c(C(C)=O)n2)cc1)NC(=O)OC(C)(C)C. The number of ether oxygens (including phenoxy) is 2.